The van der Waals surface area contributed by atoms with Gasteiger partial charge < -0.3 is 10.5 Å². The lowest BCUT2D eigenvalue weighted by molar-refractivity contribution is 0.0523. The topological polar surface area (TPSA) is 70.1 Å². The summed E-state index contributed by atoms with van der Waals surface area (Å²) in [7, 11) is 0. The molecule has 0 saturated carbocycles. The Hall–Kier alpha value is -1.66. The number of carbonyl (C=O) groups is 1. The van der Waals surface area contributed by atoms with Crippen molar-refractivity contribution in [1.82, 2.24) is 9.78 Å². The molecule has 0 aliphatic carbocycles. The highest BCUT2D eigenvalue weighted by molar-refractivity contribution is 7.98. The molecule has 20 heavy (non-hydrogen) atoms. The fourth-order valence-corrected chi connectivity index (χ4v) is 2.41. The van der Waals surface area contributed by atoms with Crippen LogP contribution in [0.4, 0.5) is 5.82 Å². The zero-order chi connectivity index (χ0) is 14.7. The Morgan fingerprint density at radius 3 is 2.65 bits per heavy atom. The summed E-state index contributed by atoms with van der Waals surface area (Å²) in [6.07, 6.45) is 1.83. The van der Waals surface area contributed by atoms with Crippen molar-refractivity contribution in [3.8, 4) is 5.69 Å². The number of nitrogens with two attached hydrogens (primary N) is 1. The molecule has 0 radical (unpaired) electrons. The molecule has 0 atom stereocenters. The van der Waals surface area contributed by atoms with E-state index in [-0.39, 0.29) is 12.4 Å². The number of nitrogens with zero attached hydrogens (tertiary/aromatic N) is 2. The lowest BCUT2D eigenvalue weighted by Gasteiger charge is -2.05. The molecule has 1 aromatic carbocycles. The predicted octanol–water partition coefficient (Wildman–Crippen LogP) is 3.01. The average molecular weight is 312 g/mol. The van der Waals surface area contributed by atoms with E-state index >= 15 is 0 Å². The molecule has 5 nitrogen and oxygen atoms in total. The standard InChI is InChI=1S/C13H14ClN3O2S/c1-3-19-13(18)10-11(15)17(16-12(10)20-2)9-6-4-8(14)5-7-9/h4-7H,3,15H2,1-2H3. The quantitative estimate of drug-likeness (QED) is 0.694. The van der Waals surface area contributed by atoms with Crippen LogP contribution in [0.2, 0.25) is 5.02 Å². The maximum atomic E-state index is 12.0. The molecule has 0 amide bonds. The van der Waals surface area contributed by atoms with Gasteiger partial charge in [-0.1, -0.05) is 11.6 Å². The fourth-order valence-electron chi connectivity index (χ4n) is 1.73. The summed E-state index contributed by atoms with van der Waals surface area (Å²) in [5.74, 6) is -0.204. The number of benzene rings is 1. The lowest BCUT2D eigenvalue weighted by atomic mass is 10.3. The van der Waals surface area contributed by atoms with E-state index in [9.17, 15) is 4.79 Å². The molecule has 0 unspecified atom stereocenters. The summed E-state index contributed by atoms with van der Waals surface area (Å²) >= 11 is 7.20. The number of thioether (sulfide) groups is 1. The lowest BCUT2D eigenvalue weighted by Crippen LogP contribution is -2.09. The zero-order valence-electron chi connectivity index (χ0n) is 11.1. The van der Waals surface area contributed by atoms with E-state index in [0.29, 0.717) is 15.6 Å². The fraction of sp³-hybridized carbons (Fsp3) is 0.231. The van der Waals surface area contributed by atoms with Gasteiger partial charge in [0, 0.05) is 5.02 Å². The summed E-state index contributed by atoms with van der Waals surface area (Å²) in [6, 6.07) is 7.04. The average Bonchev–Trinajstić information content (AvgIpc) is 2.77. The first kappa shape index (κ1) is 14.7. The Kier molecular flexibility index (Phi) is 4.57. The third-order valence-electron chi connectivity index (χ3n) is 2.63. The molecule has 0 spiro atoms. The Balaban J connectivity index is 2.50. The Morgan fingerprint density at radius 2 is 2.10 bits per heavy atom. The van der Waals surface area contributed by atoms with Crippen molar-refractivity contribution >= 4 is 35.1 Å². The van der Waals surface area contributed by atoms with Crippen LogP contribution in [0, 0.1) is 0 Å². The van der Waals surface area contributed by atoms with Crippen LogP contribution in [0.1, 0.15) is 17.3 Å². The van der Waals surface area contributed by atoms with Gasteiger partial charge in [0.25, 0.3) is 0 Å². The Morgan fingerprint density at radius 1 is 1.45 bits per heavy atom. The van der Waals surface area contributed by atoms with Gasteiger partial charge in [-0.15, -0.1) is 11.8 Å². The Labute approximate surface area is 126 Å². The summed E-state index contributed by atoms with van der Waals surface area (Å²) in [6.45, 7) is 2.04. The van der Waals surface area contributed by atoms with E-state index in [2.05, 4.69) is 5.10 Å². The molecule has 2 rings (SSSR count). The molecule has 2 N–H and O–H groups in total. The molecule has 1 aromatic heterocycles. The minimum absolute atomic E-state index is 0.259. The molecule has 2 aromatic rings. The maximum Gasteiger partial charge on any atom is 0.344 e. The molecular formula is C13H14ClN3O2S. The van der Waals surface area contributed by atoms with Crippen LogP contribution in [0.15, 0.2) is 29.3 Å². The van der Waals surface area contributed by atoms with Crippen LogP contribution in [0.3, 0.4) is 0 Å². The Bertz CT molecular complexity index is 625. The van der Waals surface area contributed by atoms with E-state index in [1.165, 1.54) is 16.4 Å². The first-order valence-corrected chi connectivity index (χ1v) is 7.54. The zero-order valence-corrected chi connectivity index (χ0v) is 12.7. The highest BCUT2D eigenvalue weighted by Crippen LogP contribution is 2.28. The number of ether oxygens (including phenoxy) is 1. The van der Waals surface area contributed by atoms with Gasteiger partial charge >= 0.3 is 5.97 Å². The van der Waals surface area contributed by atoms with Gasteiger partial charge in [-0.05, 0) is 37.4 Å². The van der Waals surface area contributed by atoms with Crippen LogP contribution in [0.25, 0.3) is 5.69 Å². The first-order chi connectivity index (χ1) is 9.58. The number of rotatable bonds is 4. The SMILES string of the molecule is CCOC(=O)c1c(SC)nn(-c2ccc(Cl)cc2)c1N. The van der Waals surface area contributed by atoms with E-state index in [1.807, 2.05) is 6.26 Å². The van der Waals surface area contributed by atoms with Crippen LogP contribution in [-0.4, -0.2) is 28.6 Å². The first-order valence-electron chi connectivity index (χ1n) is 5.94. The molecule has 106 valence electrons. The number of anilines is 1. The smallest absolute Gasteiger partial charge is 0.344 e. The third-order valence-corrected chi connectivity index (χ3v) is 3.56. The number of esters is 1. The van der Waals surface area contributed by atoms with Crippen molar-refractivity contribution in [2.45, 2.75) is 11.9 Å². The van der Waals surface area contributed by atoms with E-state index in [4.69, 9.17) is 22.1 Å². The van der Waals surface area contributed by atoms with Crippen molar-refractivity contribution in [3.05, 3.63) is 34.9 Å². The molecule has 0 saturated heterocycles. The highest BCUT2D eigenvalue weighted by Gasteiger charge is 2.23. The molecule has 7 heteroatoms. The normalized spacial score (nSPS) is 10.6. The highest BCUT2D eigenvalue weighted by atomic mass is 35.5. The second-order valence-electron chi connectivity index (χ2n) is 3.88. The molecule has 0 fully saturated rings. The van der Waals surface area contributed by atoms with E-state index in [1.54, 1.807) is 31.2 Å². The number of nitrogen functional groups attached to an aromatic ring is 1. The molecule has 0 bridgehead atoms. The van der Waals surface area contributed by atoms with Crippen molar-refractivity contribution < 1.29 is 9.53 Å². The number of halogens is 1. The van der Waals surface area contributed by atoms with Crippen LogP contribution in [0.5, 0.6) is 0 Å². The summed E-state index contributed by atoms with van der Waals surface area (Å²) in [5, 5.41) is 5.50. The number of hydrogen-bond donors (Lipinski definition) is 1. The molecular weight excluding hydrogens is 298 g/mol. The summed E-state index contributed by atoms with van der Waals surface area (Å²) in [4.78, 5) is 12.0. The van der Waals surface area contributed by atoms with E-state index < -0.39 is 5.97 Å². The largest absolute Gasteiger partial charge is 0.462 e. The van der Waals surface area contributed by atoms with E-state index in [0.717, 1.165) is 5.69 Å². The minimum Gasteiger partial charge on any atom is -0.462 e. The van der Waals surface area contributed by atoms with Gasteiger partial charge in [0.15, 0.2) is 0 Å². The number of carbonyl (C=O) groups excluding carboxylic acids is 1. The van der Waals surface area contributed by atoms with Gasteiger partial charge in [-0.2, -0.15) is 5.10 Å². The van der Waals surface area contributed by atoms with Crippen LogP contribution < -0.4 is 5.73 Å². The van der Waals surface area contributed by atoms with Crippen molar-refractivity contribution in [2.75, 3.05) is 18.6 Å². The van der Waals surface area contributed by atoms with Crippen LogP contribution >= 0.6 is 23.4 Å². The molecule has 0 aliphatic heterocycles. The van der Waals surface area contributed by atoms with Crippen LogP contribution in [-0.2, 0) is 4.74 Å². The summed E-state index contributed by atoms with van der Waals surface area (Å²) < 4.78 is 6.52. The summed E-state index contributed by atoms with van der Waals surface area (Å²) in [5.41, 5.74) is 7.07. The molecule has 1 heterocycles. The molecule has 0 aliphatic rings. The van der Waals surface area contributed by atoms with Gasteiger partial charge in [0.2, 0.25) is 0 Å². The number of hydrogen-bond acceptors (Lipinski definition) is 5. The second-order valence-corrected chi connectivity index (χ2v) is 5.11. The predicted molar refractivity (Wildman–Crippen MR) is 80.7 cm³/mol. The monoisotopic (exact) mass is 311 g/mol. The maximum absolute atomic E-state index is 12.0. The number of aromatic nitrogens is 2. The van der Waals surface area contributed by atoms with Gasteiger partial charge in [-0.3, -0.25) is 0 Å². The third kappa shape index (κ3) is 2.76. The minimum atomic E-state index is -0.463. The van der Waals surface area contributed by atoms with Crippen molar-refractivity contribution in [3.63, 3.8) is 0 Å². The van der Waals surface area contributed by atoms with Gasteiger partial charge in [0.1, 0.15) is 16.4 Å². The second kappa shape index (κ2) is 6.19. The van der Waals surface area contributed by atoms with Gasteiger partial charge in [-0.25, -0.2) is 9.48 Å². The van der Waals surface area contributed by atoms with Gasteiger partial charge in [0.05, 0.1) is 12.3 Å². The van der Waals surface area contributed by atoms with Crippen molar-refractivity contribution in [2.24, 2.45) is 0 Å². The van der Waals surface area contributed by atoms with Crippen molar-refractivity contribution in [1.29, 1.82) is 0 Å².